The Bertz CT molecular complexity index is 884. The Morgan fingerprint density at radius 3 is 2.71 bits per heavy atom. The zero-order chi connectivity index (χ0) is 17.9. The number of carbonyl (C=O) groups excluding carboxylic acids is 1. The number of nitrogens with one attached hydrogen (secondary N) is 1. The molecule has 3 N–H and O–H groups in total. The second-order valence-corrected chi connectivity index (χ2v) is 6.78. The molecule has 0 atom stereocenters. The molecule has 0 bridgehead atoms. The molecule has 0 amide bonds. The van der Waals surface area contributed by atoms with Gasteiger partial charge in [-0.15, -0.1) is 0 Å². The Morgan fingerprint density at radius 2 is 2.12 bits per heavy atom. The van der Waals surface area contributed by atoms with E-state index >= 15 is 0 Å². The molecular formula is C15H16ClN3O4S. The number of benzene rings is 1. The van der Waals surface area contributed by atoms with Crippen LogP contribution < -0.4 is 10.5 Å². The first kappa shape index (κ1) is 18.2. The van der Waals surface area contributed by atoms with E-state index in [-0.39, 0.29) is 22.9 Å². The highest BCUT2D eigenvalue weighted by molar-refractivity contribution is 7.89. The average Bonchev–Trinajstić information content (AvgIpc) is 2.48. The molecule has 2 rings (SSSR count). The van der Waals surface area contributed by atoms with Crippen molar-refractivity contribution in [2.75, 3.05) is 11.9 Å². The van der Waals surface area contributed by atoms with Crippen LogP contribution in [-0.4, -0.2) is 26.0 Å². The number of ether oxygens (including phenoxy) is 1. The van der Waals surface area contributed by atoms with Gasteiger partial charge in [-0.05, 0) is 31.5 Å². The third-order valence-electron chi connectivity index (χ3n) is 3.04. The fourth-order valence-electron chi connectivity index (χ4n) is 2.02. The predicted octanol–water partition coefficient (Wildman–Crippen LogP) is 2.61. The minimum absolute atomic E-state index is 0.00996. The lowest BCUT2D eigenvalue weighted by atomic mass is 10.2. The molecule has 1 aromatic carbocycles. The summed E-state index contributed by atoms with van der Waals surface area (Å²) in [5.41, 5.74) is 1.67. The summed E-state index contributed by atoms with van der Waals surface area (Å²) in [5.74, 6) is -0.678. The van der Waals surface area contributed by atoms with Crippen LogP contribution in [0.5, 0.6) is 0 Å². The van der Waals surface area contributed by atoms with E-state index in [0.29, 0.717) is 5.69 Å². The third kappa shape index (κ3) is 4.02. The van der Waals surface area contributed by atoms with Crippen LogP contribution in [0.4, 0.5) is 11.4 Å². The first-order chi connectivity index (χ1) is 11.2. The molecule has 9 heteroatoms. The molecular weight excluding hydrogens is 354 g/mol. The van der Waals surface area contributed by atoms with E-state index < -0.39 is 21.0 Å². The number of esters is 1. The quantitative estimate of drug-likeness (QED) is 0.783. The van der Waals surface area contributed by atoms with Gasteiger partial charge in [0.1, 0.15) is 10.6 Å². The summed E-state index contributed by atoms with van der Waals surface area (Å²) in [6, 6.07) is 7.25. The fraction of sp³-hybridized carbons (Fsp3) is 0.200. The zero-order valence-corrected chi connectivity index (χ0v) is 14.6. The highest BCUT2D eigenvalue weighted by Gasteiger charge is 2.24. The van der Waals surface area contributed by atoms with E-state index in [4.69, 9.17) is 21.5 Å². The highest BCUT2D eigenvalue weighted by Crippen LogP contribution is 2.33. The second kappa shape index (κ2) is 7.16. The number of sulfonamides is 1. The summed E-state index contributed by atoms with van der Waals surface area (Å²) in [7, 11) is -4.15. The largest absolute Gasteiger partial charge is 0.462 e. The van der Waals surface area contributed by atoms with Crippen LogP contribution in [0, 0.1) is 6.92 Å². The van der Waals surface area contributed by atoms with Crippen LogP contribution >= 0.6 is 11.6 Å². The number of halogens is 1. The van der Waals surface area contributed by atoms with Crippen molar-refractivity contribution in [3.63, 3.8) is 0 Å². The molecule has 0 aliphatic carbocycles. The molecule has 0 fully saturated rings. The van der Waals surface area contributed by atoms with Crippen molar-refractivity contribution in [2.24, 2.45) is 5.14 Å². The summed E-state index contributed by atoms with van der Waals surface area (Å²) in [5, 5.41) is 7.26. The summed E-state index contributed by atoms with van der Waals surface area (Å²) in [6.07, 6.45) is 1.07. The Kier molecular flexibility index (Phi) is 5.43. The van der Waals surface area contributed by atoms with E-state index in [1.165, 1.54) is 0 Å². The monoisotopic (exact) mass is 369 g/mol. The van der Waals surface area contributed by atoms with Gasteiger partial charge >= 0.3 is 5.97 Å². The number of anilines is 2. The maximum Gasteiger partial charge on any atom is 0.341 e. The highest BCUT2D eigenvalue weighted by atomic mass is 35.5. The van der Waals surface area contributed by atoms with Crippen molar-refractivity contribution in [1.29, 1.82) is 0 Å². The van der Waals surface area contributed by atoms with Crippen molar-refractivity contribution in [1.82, 2.24) is 4.98 Å². The zero-order valence-electron chi connectivity index (χ0n) is 13.0. The number of aryl methyl sites for hydroxylation is 1. The molecule has 1 aromatic heterocycles. The van der Waals surface area contributed by atoms with E-state index in [1.807, 2.05) is 19.1 Å². The number of aromatic nitrogens is 1. The maximum atomic E-state index is 12.1. The summed E-state index contributed by atoms with van der Waals surface area (Å²) in [4.78, 5) is 15.8. The minimum Gasteiger partial charge on any atom is -0.462 e. The van der Waals surface area contributed by atoms with Crippen LogP contribution in [0.3, 0.4) is 0 Å². The molecule has 0 spiro atoms. The van der Waals surface area contributed by atoms with Crippen LogP contribution in [0.25, 0.3) is 0 Å². The molecule has 2 aromatic rings. The number of hydrogen-bond donors (Lipinski definition) is 2. The lowest BCUT2D eigenvalue weighted by Crippen LogP contribution is -2.17. The molecule has 0 unspecified atom stereocenters. The molecule has 0 aliphatic heterocycles. The van der Waals surface area contributed by atoms with Gasteiger partial charge in [0, 0.05) is 11.9 Å². The number of carbonyl (C=O) groups is 1. The molecule has 7 nitrogen and oxygen atoms in total. The lowest BCUT2D eigenvalue weighted by Gasteiger charge is -2.15. The van der Waals surface area contributed by atoms with Crippen LogP contribution in [0.15, 0.2) is 35.5 Å². The maximum absolute atomic E-state index is 12.1. The Morgan fingerprint density at radius 1 is 1.42 bits per heavy atom. The Labute approximate surface area is 144 Å². The van der Waals surface area contributed by atoms with Crippen LogP contribution in [0.1, 0.15) is 22.8 Å². The third-order valence-corrected chi connectivity index (χ3v) is 4.37. The van der Waals surface area contributed by atoms with E-state index in [9.17, 15) is 13.2 Å². The van der Waals surface area contributed by atoms with Gasteiger partial charge in [-0.1, -0.05) is 23.7 Å². The van der Waals surface area contributed by atoms with Gasteiger partial charge in [-0.3, -0.25) is 0 Å². The smallest absolute Gasteiger partial charge is 0.341 e. The van der Waals surface area contributed by atoms with Crippen LogP contribution in [-0.2, 0) is 14.8 Å². The standard InChI is InChI=1S/C15H16ClN3O4S/c1-3-23-15(20)11-8-18-14(24(17,21)22)12(16)13(11)19-10-6-4-5-9(2)7-10/h4-8H,3H2,1-2H3,(H,18,19)(H2,17,21,22). The van der Waals surface area contributed by atoms with Gasteiger partial charge in [0.2, 0.25) is 0 Å². The number of pyridine rings is 1. The van der Waals surface area contributed by atoms with Crippen molar-refractivity contribution < 1.29 is 17.9 Å². The van der Waals surface area contributed by atoms with Gasteiger partial charge in [-0.2, -0.15) is 0 Å². The van der Waals surface area contributed by atoms with Gasteiger partial charge < -0.3 is 10.1 Å². The molecule has 0 saturated heterocycles. The van der Waals surface area contributed by atoms with Crippen molar-refractivity contribution >= 4 is 39.0 Å². The van der Waals surface area contributed by atoms with Gasteiger partial charge in [0.15, 0.2) is 5.03 Å². The predicted molar refractivity (Wildman–Crippen MR) is 91.0 cm³/mol. The summed E-state index contributed by atoms with van der Waals surface area (Å²) >= 11 is 6.14. The van der Waals surface area contributed by atoms with Gasteiger partial charge in [-0.25, -0.2) is 23.3 Å². The van der Waals surface area contributed by atoms with E-state index in [2.05, 4.69) is 10.3 Å². The SMILES string of the molecule is CCOC(=O)c1cnc(S(N)(=O)=O)c(Cl)c1Nc1cccc(C)c1. The molecule has 128 valence electrons. The molecule has 1 heterocycles. The van der Waals surface area contributed by atoms with E-state index in [1.54, 1.807) is 19.1 Å². The number of nitrogens with zero attached hydrogens (tertiary/aromatic N) is 1. The molecule has 0 saturated carbocycles. The van der Waals surface area contributed by atoms with Crippen LogP contribution in [0.2, 0.25) is 5.02 Å². The Hall–Kier alpha value is -2.16. The normalized spacial score (nSPS) is 11.2. The molecule has 24 heavy (non-hydrogen) atoms. The second-order valence-electron chi connectivity index (χ2n) is 4.93. The first-order valence-electron chi connectivity index (χ1n) is 6.96. The van der Waals surface area contributed by atoms with Crippen molar-refractivity contribution in [3.05, 3.63) is 46.6 Å². The number of rotatable bonds is 5. The number of primary sulfonamides is 1. The average molecular weight is 370 g/mol. The number of hydrogen-bond acceptors (Lipinski definition) is 6. The van der Waals surface area contributed by atoms with E-state index in [0.717, 1.165) is 11.8 Å². The minimum atomic E-state index is -4.15. The molecule has 0 radical (unpaired) electrons. The lowest BCUT2D eigenvalue weighted by molar-refractivity contribution is 0.0527. The number of nitrogens with two attached hydrogens (primary N) is 1. The van der Waals surface area contributed by atoms with Crippen molar-refractivity contribution in [2.45, 2.75) is 18.9 Å². The van der Waals surface area contributed by atoms with Crippen molar-refractivity contribution in [3.8, 4) is 0 Å². The Balaban J connectivity index is 2.61. The summed E-state index contributed by atoms with van der Waals surface area (Å²) < 4.78 is 28.2. The first-order valence-corrected chi connectivity index (χ1v) is 8.88. The van der Waals surface area contributed by atoms with Gasteiger partial charge in [0.25, 0.3) is 10.0 Å². The fourth-order valence-corrected chi connectivity index (χ4v) is 3.09. The molecule has 0 aliphatic rings. The van der Waals surface area contributed by atoms with Gasteiger partial charge in [0.05, 0.1) is 12.3 Å². The topological polar surface area (TPSA) is 111 Å². The summed E-state index contributed by atoms with van der Waals surface area (Å²) in [6.45, 7) is 3.69.